The van der Waals surface area contributed by atoms with Crippen molar-refractivity contribution in [1.29, 1.82) is 0 Å². The first-order valence-electron chi connectivity index (χ1n) is 6.66. The number of nitrogens with zero attached hydrogens (tertiary/aromatic N) is 2. The van der Waals surface area contributed by atoms with Gasteiger partial charge in [-0.25, -0.2) is 9.18 Å². The van der Waals surface area contributed by atoms with Gasteiger partial charge in [0.1, 0.15) is 5.82 Å². The molecule has 1 N–H and O–H groups in total. The molecular formula is C14H14FN3O3. The molecular weight excluding hydrogens is 277 g/mol. The van der Waals surface area contributed by atoms with E-state index in [0.717, 1.165) is 5.56 Å². The summed E-state index contributed by atoms with van der Waals surface area (Å²) < 4.78 is 12.8. The molecule has 0 saturated carbocycles. The third-order valence-electron chi connectivity index (χ3n) is 3.73. The fraction of sp³-hybridized carbons (Fsp3) is 0.357. The Kier molecular flexibility index (Phi) is 3.32. The number of benzene rings is 1. The smallest absolute Gasteiger partial charge is 0.324 e. The third-order valence-corrected chi connectivity index (χ3v) is 3.73. The molecule has 0 aliphatic carbocycles. The van der Waals surface area contributed by atoms with E-state index in [1.165, 1.54) is 17.0 Å². The van der Waals surface area contributed by atoms with E-state index in [9.17, 15) is 18.8 Å². The summed E-state index contributed by atoms with van der Waals surface area (Å²) in [5, 5.41) is 2.46. The number of likely N-dealkylation sites (tertiary alicyclic amines) is 1. The van der Waals surface area contributed by atoms with E-state index in [-0.39, 0.29) is 36.6 Å². The van der Waals surface area contributed by atoms with Gasteiger partial charge in [0, 0.05) is 13.1 Å². The van der Waals surface area contributed by atoms with E-state index >= 15 is 0 Å². The van der Waals surface area contributed by atoms with Gasteiger partial charge < -0.3 is 10.2 Å². The molecule has 4 amide bonds. The van der Waals surface area contributed by atoms with Crippen LogP contribution in [0.3, 0.4) is 0 Å². The first-order valence-corrected chi connectivity index (χ1v) is 6.66. The highest BCUT2D eigenvalue weighted by molar-refractivity contribution is 6.02. The summed E-state index contributed by atoms with van der Waals surface area (Å²) in [6, 6.07) is 5.14. The van der Waals surface area contributed by atoms with Crippen molar-refractivity contribution in [2.24, 2.45) is 0 Å². The number of hydrogen-bond acceptors (Lipinski definition) is 3. The number of imide groups is 1. The second-order valence-electron chi connectivity index (χ2n) is 5.18. The van der Waals surface area contributed by atoms with Gasteiger partial charge in [-0.1, -0.05) is 12.1 Å². The Morgan fingerprint density at radius 2 is 1.90 bits per heavy atom. The number of amides is 4. The SMILES string of the molecule is O=C(Cc1ccc(F)cc1)N1CC(N2C(=O)CNC2=O)C1. The number of hydrogen-bond donors (Lipinski definition) is 1. The molecule has 0 atom stereocenters. The molecule has 2 aliphatic rings. The second kappa shape index (κ2) is 5.16. The van der Waals surface area contributed by atoms with Crippen LogP contribution in [-0.2, 0) is 16.0 Å². The molecule has 0 spiro atoms. The van der Waals surface area contributed by atoms with E-state index in [1.807, 2.05) is 0 Å². The Morgan fingerprint density at radius 1 is 1.24 bits per heavy atom. The zero-order valence-corrected chi connectivity index (χ0v) is 11.2. The fourth-order valence-electron chi connectivity index (χ4n) is 2.52. The number of halogens is 1. The van der Waals surface area contributed by atoms with Gasteiger partial charge in [0.25, 0.3) is 0 Å². The van der Waals surface area contributed by atoms with Crippen molar-refractivity contribution in [3.8, 4) is 0 Å². The molecule has 7 heteroatoms. The minimum Gasteiger partial charge on any atom is -0.338 e. The van der Waals surface area contributed by atoms with Crippen LogP contribution in [0.2, 0.25) is 0 Å². The second-order valence-corrected chi connectivity index (χ2v) is 5.18. The molecule has 0 aromatic heterocycles. The summed E-state index contributed by atoms with van der Waals surface area (Å²) >= 11 is 0. The maximum absolute atomic E-state index is 12.8. The van der Waals surface area contributed by atoms with Gasteiger partial charge in [0.05, 0.1) is 19.0 Å². The highest BCUT2D eigenvalue weighted by atomic mass is 19.1. The summed E-state index contributed by atoms with van der Waals surface area (Å²) in [4.78, 5) is 37.8. The van der Waals surface area contributed by atoms with Crippen molar-refractivity contribution in [2.75, 3.05) is 19.6 Å². The quantitative estimate of drug-likeness (QED) is 0.805. The van der Waals surface area contributed by atoms with Gasteiger partial charge in [0.2, 0.25) is 11.8 Å². The van der Waals surface area contributed by atoms with Crippen molar-refractivity contribution >= 4 is 17.8 Å². The van der Waals surface area contributed by atoms with Gasteiger partial charge >= 0.3 is 6.03 Å². The first kappa shape index (κ1) is 13.5. The Morgan fingerprint density at radius 3 is 2.48 bits per heavy atom. The standard InChI is InChI=1S/C14H14FN3O3/c15-10-3-1-9(2-4-10)5-12(19)17-7-11(8-17)18-13(20)6-16-14(18)21/h1-4,11H,5-8H2,(H,16,21). The van der Waals surface area contributed by atoms with Crippen LogP contribution in [0.15, 0.2) is 24.3 Å². The largest absolute Gasteiger partial charge is 0.338 e. The van der Waals surface area contributed by atoms with E-state index in [1.54, 1.807) is 17.0 Å². The molecule has 0 bridgehead atoms. The van der Waals surface area contributed by atoms with E-state index in [0.29, 0.717) is 13.1 Å². The normalized spacial score (nSPS) is 18.7. The van der Waals surface area contributed by atoms with Gasteiger partial charge in [-0.15, -0.1) is 0 Å². The summed E-state index contributed by atoms with van der Waals surface area (Å²) in [5.74, 6) is -0.686. The summed E-state index contributed by atoms with van der Waals surface area (Å²) in [5.41, 5.74) is 0.736. The zero-order valence-electron chi connectivity index (χ0n) is 11.2. The Hall–Kier alpha value is -2.44. The average Bonchev–Trinajstić information content (AvgIpc) is 2.72. The Labute approximate surface area is 120 Å². The molecule has 6 nitrogen and oxygen atoms in total. The molecule has 2 fully saturated rings. The molecule has 2 saturated heterocycles. The van der Waals surface area contributed by atoms with Gasteiger partial charge in [-0.2, -0.15) is 0 Å². The summed E-state index contributed by atoms with van der Waals surface area (Å²) in [7, 11) is 0. The molecule has 0 radical (unpaired) electrons. The van der Waals surface area contributed by atoms with Gasteiger partial charge in [-0.05, 0) is 17.7 Å². The summed E-state index contributed by atoms with van der Waals surface area (Å²) in [6.45, 7) is 0.747. The molecule has 21 heavy (non-hydrogen) atoms. The highest BCUT2D eigenvalue weighted by Crippen LogP contribution is 2.19. The number of rotatable bonds is 3. The molecule has 1 aromatic carbocycles. The Balaban J connectivity index is 1.54. The molecule has 0 unspecified atom stereocenters. The molecule has 2 heterocycles. The van der Waals surface area contributed by atoms with Crippen LogP contribution < -0.4 is 5.32 Å². The van der Waals surface area contributed by atoms with Gasteiger partial charge in [-0.3, -0.25) is 14.5 Å². The average molecular weight is 291 g/mol. The third kappa shape index (κ3) is 2.58. The number of nitrogens with one attached hydrogen (secondary N) is 1. The molecule has 1 aromatic rings. The highest BCUT2D eigenvalue weighted by Gasteiger charge is 2.42. The van der Waals surface area contributed by atoms with Crippen molar-refractivity contribution in [3.63, 3.8) is 0 Å². The molecule has 3 rings (SSSR count). The minimum absolute atomic E-state index is 0.0266. The predicted octanol–water partition coefficient (Wildman–Crippen LogP) is 0.131. The topological polar surface area (TPSA) is 69.7 Å². The minimum atomic E-state index is -0.393. The van der Waals surface area contributed by atoms with Crippen LogP contribution in [-0.4, -0.2) is 53.3 Å². The molecule has 2 aliphatic heterocycles. The zero-order chi connectivity index (χ0) is 15.0. The van der Waals surface area contributed by atoms with Crippen LogP contribution in [0, 0.1) is 5.82 Å². The van der Waals surface area contributed by atoms with E-state index in [2.05, 4.69) is 5.32 Å². The van der Waals surface area contributed by atoms with Crippen LogP contribution in [0.4, 0.5) is 9.18 Å². The van der Waals surface area contributed by atoms with Gasteiger partial charge in [0.15, 0.2) is 0 Å². The lowest BCUT2D eigenvalue weighted by atomic mass is 10.0. The maximum atomic E-state index is 12.8. The number of carbonyl (C=O) groups excluding carboxylic acids is 3. The first-order chi connectivity index (χ1) is 10.0. The lowest BCUT2D eigenvalue weighted by molar-refractivity contribution is -0.141. The number of carbonyl (C=O) groups is 3. The predicted molar refractivity (Wildman–Crippen MR) is 70.7 cm³/mol. The monoisotopic (exact) mass is 291 g/mol. The van der Waals surface area contributed by atoms with Crippen LogP contribution >= 0.6 is 0 Å². The van der Waals surface area contributed by atoms with Crippen molar-refractivity contribution in [1.82, 2.24) is 15.1 Å². The number of urea groups is 1. The van der Waals surface area contributed by atoms with Crippen molar-refractivity contribution < 1.29 is 18.8 Å². The summed E-state index contributed by atoms with van der Waals surface area (Å²) in [6.07, 6.45) is 0.188. The van der Waals surface area contributed by atoms with Crippen LogP contribution in [0.25, 0.3) is 0 Å². The van der Waals surface area contributed by atoms with Crippen LogP contribution in [0.5, 0.6) is 0 Å². The van der Waals surface area contributed by atoms with Crippen molar-refractivity contribution in [2.45, 2.75) is 12.5 Å². The fourth-order valence-corrected chi connectivity index (χ4v) is 2.52. The van der Waals surface area contributed by atoms with Crippen LogP contribution in [0.1, 0.15) is 5.56 Å². The van der Waals surface area contributed by atoms with E-state index < -0.39 is 6.03 Å². The molecule has 110 valence electrons. The Bertz CT molecular complexity index is 580. The van der Waals surface area contributed by atoms with E-state index in [4.69, 9.17) is 0 Å². The maximum Gasteiger partial charge on any atom is 0.324 e. The van der Waals surface area contributed by atoms with Crippen molar-refractivity contribution in [3.05, 3.63) is 35.6 Å². The lowest BCUT2D eigenvalue weighted by Crippen LogP contribution is -2.62. The lowest BCUT2D eigenvalue weighted by Gasteiger charge is -2.42.